The molecule has 1 aliphatic heterocycles. The second-order valence-electron chi connectivity index (χ2n) is 4.14. The van der Waals surface area contributed by atoms with Crippen molar-refractivity contribution >= 4 is 11.9 Å². The van der Waals surface area contributed by atoms with Crippen molar-refractivity contribution in [3.05, 3.63) is 35.9 Å². The minimum atomic E-state index is -1.92. The summed E-state index contributed by atoms with van der Waals surface area (Å²) in [7, 11) is 1.17. The number of carbonyl (C=O) groups is 2. The first-order chi connectivity index (χ1) is 9.00. The summed E-state index contributed by atoms with van der Waals surface area (Å²) < 4.78 is 12.3. The van der Waals surface area contributed by atoms with Gasteiger partial charge in [-0.1, -0.05) is 18.2 Å². The first-order valence-corrected chi connectivity index (χ1v) is 5.69. The lowest BCUT2D eigenvalue weighted by atomic mass is 10.1. The van der Waals surface area contributed by atoms with Gasteiger partial charge in [0, 0.05) is 18.5 Å². The Kier molecular flexibility index (Phi) is 2.98. The van der Waals surface area contributed by atoms with E-state index in [1.165, 1.54) is 19.2 Å². The molecule has 1 amide bonds. The van der Waals surface area contributed by atoms with Gasteiger partial charge in [-0.2, -0.15) is 0 Å². The monoisotopic (exact) mass is 250 g/mol. The fraction of sp³-hybridized carbons (Fsp3) is 0.385. The number of aliphatic hydroxyl groups is 1. The van der Waals surface area contributed by atoms with Crippen molar-refractivity contribution in [1.29, 1.82) is 0 Å². The Morgan fingerprint density at radius 3 is 2.94 bits per heavy atom. The summed E-state index contributed by atoms with van der Waals surface area (Å²) in [4.78, 5) is 25.1. The highest BCUT2D eigenvalue weighted by atomic mass is 16.5. The van der Waals surface area contributed by atoms with E-state index in [4.69, 9.17) is 1.37 Å². The zero-order chi connectivity index (χ0) is 14.0. The molecule has 0 radical (unpaired) electrons. The Labute approximate surface area is 106 Å². The fourth-order valence-corrected chi connectivity index (χ4v) is 2.12. The molecule has 0 aliphatic carbocycles. The Morgan fingerprint density at radius 1 is 1.50 bits per heavy atom. The first kappa shape index (κ1) is 11.2. The molecule has 96 valence electrons. The predicted octanol–water partition coefficient (Wildman–Crippen LogP) is 0.784. The van der Waals surface area contributed by atoms with E-state index in [-0.39, 0.29) is 24.6 Å². The number of nitrogens with zero attached hydrogens (tertiary/aromatic N) is 1. The maximum Gasteiger partial charge on any atom is 0.359 e. The molecule has 1 saturated heterocycles. The molecule has 5 nitrogen and oxygen atoms in total. The summed E-state index contributed by atoms with van der Waals surface area (Å²) in [5.74, 6) is -1.38. The normalized spacial score (nSPS) is 23.7. The van der Waals surface area contributed by atoms with Crippen LogP contribution in [0.15, 0.2) is 30.3 Å². The molecular weight excluding hydrogens is 234 g/mol. The van der Waals surface area contributed by atoms with Gasteiger partial charge in [-0.25, -0.2) is 4.79 Å². The van der Waals surface area contributed by atoms with Crippen molar-refractivity contribution < 1.29 is 20.8 Å². The van der Waals surface area contributed by atoms with E-state index >= 15 is 0 Å². The van der Waals surface area contributed by atoms with Crippen molar-refractivity contribution in [1.82, 2.24) is 4.90 Å². The number of likely N-dealkylation sites (tertiary alicyclic amines) is 1. The molecule has 0 spiro atoms. The van der Waals surface area contributed by atoms with E-state index in [0.29, 0.717) is 6.42 Å². The number of benzene rings is 1. The van der Waals surface area contributed by atoms with Gasteiger partial charge in [-0.15, -0.1) is 0 Å². The number of esters is 1. The molecule has 0 aromatic heterocycles. The molecule has 1 aliphatic rings. The van der Waals surface area contributed by atoms with E-state index in [1.807, 2.05) is 0 Å². The van der Waals surface area contributed by atoms with Crippen LogP contribution in [0.25, 0.3) is 0 Å². The number of rotatable bonds is 2. The van der Waals surface area contributed by atoms with E-state index in [0.717, 1.165) is 4.90 Å². The van der Waals surface area contributed by atoms with Crippen LogP contribution in [0.3, 0.4) is 0 Å². The highest BCUT2D eigenvalue weighted by molar-refractivity contribution is 5.97. The van der Waals surface area contributed by atoms with Crippen LogP contribution in [0.2, 0.25) is 0 Å². The molecule has 1 atom stereocenters. The van der Waals surface area contributed by atoms with Gasteiger partial charge >= 0.3 is 5.97 Å². The minimum Gasteiger partial charge on any atom is -0.465 e. The van der Waals surface area contributed by atoms with Crippen molar-refractivity contribution in [2.24, 2.45) is 0 Å². The van der Waals surface area contributed by atoms with E-state index < -0.39 is 17.6 Å². The van der Waals surface area contributed by atoms with Crippen LogP contribution in [-0.4, -0.2) is 41.3 Å². The van der Waals surface area contributed by atoms with Crippen LogP contribution in [0.5, 0.6) is 0 Å². The molecule has 1 heterocycles. The average Bonchev–Trinajstić information content (AvgIpc) is 2.81. The van der Waals surface area contributed by atoms with Crippen LogP contribution in [0.4, 0.5) is 0 Å². The zero-order valence-electron chi connectivity index (χ0n) is 11.0. The SMILES string of the molecule is [2H]c1ccccc1C(=O)N1CCC[C@@]1(O)C(=O)OC. The molecule has 18 heavy (non-hydrogen) atoms. The third-order valence-electron chi connectivity index (χ3n) is 3.05. The summed E-state index contributed by atoms with van der Waals surface area (Å²) in [5.41, 5.74) is -1.76. The van der Waals surface area contributed by atoms with Gasteiger partial charge in [-0.3, -0.25) is 4.79 Å². The predicted molar refractivity (Wildman–Crippen MR) is 63.7 cm³/mol. The van der Waals surface area contributed by atoms with Crippen LogP contribution in [-0.2, 0) is 9.53 Å². The van der Waals surface area contributed by atoms with Gasteiger partial charge in [0.15, 0.2) is 0 Å². The van der Waals surface area contributed by atoms with Crippen molar-refractivity contribution in [3.63, 3.8) is 0 Å². The minimum absolute atomic E-state index is 0.0617. The van der Waals surface area contributed by atoms with Gasteiger partial charge < -0.3 is 14.7 Å². The summed E-state index contributed by atoms with van der Waals surface area (Å²) in [6.45, 7) is 0.263. The zero-order valence-corrected chi connectivity index (χ0v) is 10.0. The number of hydrogen-bond donors (Lipinski definition) is 1. The lowest BCUT2D eigenvalue weighted by Crippen LogP contribution is -2.53. The highest BCUT2D eigenvalue weighted by Gasteiger charge is 2.49. The van der Waals surface area contributed by atoms with E-state index in [9.17, 15) is 14.7 Å². The summed E-state index contributed by atoms with van der Waals surface area (Å²) >= 11 is 0. The second-order valence-corrected chi connectivity index (χ2v) is 4.14. The number of ether oxygens (including phenoxy) is 1. The van der Waals surface area contributed by atoms with Gasteiger partial charge in [0.1, 0.15) is 0 Å². The standard InChI is InChI=1S/C13H15NO4/c1-18-12(16)13(17)8-5-9-14(13)11(15)10-6-3-2-4-7-10/h2-4,6-7,17H,5,8-9H2,1H3/t13-/m1/s1/i6D. The average molecular weight is 250 g/mol. The largest absolute Gasteiger partial charge is 0.465 e. The van der Waals surface area contributed by atoms with Crippen LogP contribution in [0.1, 0.15) is 24.6 Å². The molecule has 0 unspecified atom stereocenters. The van der Waals surface area contributed by atoms with Crippen molar-refractivity contribution in [2.45, 2.75) is 18.6 Å². The van der Waals surface area contributed by atoms with Crippen LogP contribution in [0, 0.1) is 0 Å². The molecule has 0 bridgehead atoms. The highest BCUT2D eigenvalue weighted by Crippen LogP contribution is 2.29. The van der Waals surface area contributed by atoms with E-state index in [1.54, 1.807) is 12.1 Å². The molecule has 5 heteroatoms. The summed E-state index contributed by atoms with van der Waals surface area (Å²) in [6, 6.07) is 6.33. The Morgan fingerprint density at radius 2 is 2.28 bits per heavy atom. The maximum absolute atomic E-state index is 12.3. The molecule has 0 saturated carbocycles. The Hall–Kier alpha value is -1.88. The van der Waals surface area contributed by atoms with Crippen LogP contribution >= 0.6 is 0 Å². The number of methoxy groups -OCH3 is 1. The number of hydrogen-bond acceptors (Lipinski definition) is 4. The van der Waals surface area contributed by atoms with Crippen molar-refractivity contribution in [2.75, 3.05) is 13.7 Å². The Bertz CT molecular complexity index is 519. The molecular formula is C13H15NO4. The van der Waals surface area contributed by atoms with Gasteiger partial charge in [-0.05, 0) is 18.5 Å². The molecule has 1 N–H and O–H groups in total. The number of amides is 1. The summed E-state index contributed by atoms with van der Waals surface area (Å²) in [6.07, 6.45) is 0.656. The first-order valence-electron chi connectivity index (χ1n) is 6.19. The molecule has 1 aromatic carbocycles. The quantitative estimate of drug-likeness (QED) is 0.788. The fourth-order valence-electron chi connectivity index (χ4n) is 2.12. The second kappa shape index (κ2) is 4.78. The van der Waals surface area contributed by atoms with Gasteiger partial charge in [0.25, 0.3) is 5.91 Å². The smallest absolute Gasteiger partial charge is 0.359 e. The van der Waals surface area contributed by atoms with E-state index in [2.05, 4.69) is 4.74 Å². The Balaban J connectivity index is 2.34. The molecule has 1 aromatic rings. The lowest BCUT2D eigenvalue weighted by molar-refractivity contribution is -0.175. The third-order valence-corrected chi connectivity index (χ3v) is 3.05. The van der Waals surface area contributed by atoms with Gasteiger partial charge in [0.05, 0.1) is 8.48 Å². The topological polar surface area (TPSA) is 66.8 Å². The lowest BCUT2D eigenvalue weighted by Gasteiger charge is -2.30. The van der Waals surface area contributed by atoms with Crippen LogP contribution < -0.4 is 0 Å². The third kappa shape index (κ3) is 1.97. The summed E-state index contributed by atoms with van der Waals surface area (Å²) in [5, 5.41) is 10.3. The van der Waals surface area contributed by atoms with Crippen molar-refractivity contribution in [3.8, 4) is 0 Å². The maximum atomic E-state index is 12.3. The van der Waals surface area contributed by atoms with Gasteiger partial charge in [0.2, 0.25) is 5.72 Å². The molecule has 1 fully saturated rings. The number of carbonyl (C=O) groups excluding carboxylic acids is 2. The molecule has 2 rings (SSSR count).